The summed E-state index contributed by atoms with van der Waals surface area (Å²) in [4.78, 5) is 24.6. The number of nitrogens with one attached hydrogen (secondary N) is 1. The van der Waals surface area contributed by atoms with Gasteiger partial charge in [0.05, 0.1) is 12.1 Å². The maximum absolute atomic E-state index is 12.5. The van der Waals surface area contributed by atoms with Gasteiger partial charge in [-0.25, -0.2) is 0 Å². The fourth-order valence-corrected chi connectivity index (χ4v) is 3.32. The van der Waals surface area contributed by atoms with Crippen LogP contribution >= 0.6 is 0 Å². The average molecular weight is 420 g/mol. The highest BCUT2D eigenvalue weighted by atomic mass is 16.5. The highest BCUT2D eigenvalue weighted by Crippen LogP contribution is 2.20. The Morgan fingerprint density at radius 2 is 1.52 bits per heavy atom. The second-order valence-electron chi connectivity index (χ2n) is 7.72. The maximum atomic E-state index is 12.5. The first-order valence-corrected chi connectivity index (χ1v) is 10.4. The van der Waals surface area contributed by atoms with Crippen LogP contribution in [0.2, 0.25) is 0 Å². The summed E-state index contributed by atoms with van der Waals surface area (Å²) >= 11 is 0. The molecule has 0 aliphatic heterocycles. The molecule has 6 nitrogen and oxygen atoms in total. The molecular weight excluding hydrogens is 390 g/mol. The lowest BCUT2D eigenvalue weighted by atomic mass is 10.0. The molecule has 5 N–H and O–H groups in total. The number of carbonyl (C=O) groups excluding carboxylic acids is 2. The van der Waals surface area contributed by atoms with Crippen LogP contribution in [0, 0.1) is 0 Å². The van der Waals surface area contributed by atoms with Gasteiger partial charge in [-0.15, -0.1) is 0 Å². The van der Waals surface area contributed by atoms with E-state index in [4.69, 9.17) is 16.2 Å². The first-order chi connectivity index (χ1) is 14.9. The summed E-state index contributed by atoms with van der Waals surface area (Å²) in [5, 5.41) is 5.20. The van der Waals surface area contributed by atoms with Gasteiger partial charge in [0.25, 0.3) is 0 Å². The van der Waals surface area contributed by atoms with E-state index in [1.807, 2.05) is 73.7 Å². The molecule has 0 heterocycles. The first kappa shape index (κ1) is 22.5. The minimum Gasteiger partial charge on any atom is -0.460 e. The van der Waals surface area contributed by atoms with Crippen molar-refractivity contribution >= 4 is 22.6 Å². The Bertz CT molecular complexity index is 1020. The van der Waals surface area contributed by atoms with E-state index < -0.39 is 18.1 Å². The Labute approximate surface area is 182 Å². The number of fused-ring (bicyclic) bond motifs is 1. The quantitative estimate of drug-likeness (QED) is 0.462. The van der Waals surface area contributed by atoms with Gasteiger partial charge in [0, 0.05) is 0 Å². The van der Waals surface area contributed by atoms with Crippen LogP contribution in [0.1, 0.15) is 36.9 Å². The van der Waals surface area contributed by atoms with E-state index in [-0.39, 0.29) is 31.4 Å². The van der Waals surface area contributed by atoms with Crippen molar-refractivity contribution in [3.05, 3.63) is 83.9 Å². The van der Waals surface area contributed by atoms with Crippen molar-refractivity contribution in [2.45, 2.75) is 44.5 Å². The van der Waals surface area contributed by atoms with Crippen molar-refractivity contribution < 1.29 is 14.3 Å². The van der Waals surface area contributed by atoms with Gasteiger partial charge in [-0.1, -0.05) is 66.7 Å². The number of esters is 1. The lowest BCUT2D eigenvalue weighted by Crippen LogP contribution is -2.43. The minimum absolute atomic E-state index is 0.170. The molecule has 3 aromatic carbocycles. The Balaban J connectivity index is 1.45. The van der Waals surface area contributed by atoms with E-state index in [1.54, 1.807) is 0 Å². The number of carbonyl (C=O) groups is 2. The van der Waals surface area contributed by atoms with Crippen LogP contribution < -0.4 is 16.8 Å². The third-order valence-electron chi connectivity index (χ3n) is 5.28. The summed E-state index contributed by atoms with van der Waals surface area (Å²) < 4.78 is 5.23. The van der Waals surface area contributed by atoms with Crippen LogP contribution in [0.4, 0.5) is 0 Å². The molecule has 0 bridgehead atoms. The van der Waals surface area contributed by atoms with Crippen LogP contribution in [0.25, 0.3) is 10.8 Å². The largest absolute Gasteiger partial charge is 0.460 e. The van der Waals surface area contributed by atoms with Crippen LogP contribution in [0.15, 0.2) is 72.8 Å². The van der Waals surface area contributed by atoms with Gasteiger partial charge in [-0.3, -0.25) is 9.59 Å². The number of rotatable bonds is 9. The predicted octanol–water partition coefficient (Wildman–Crippen LogP) is 3.20. The fourth-order valence-electron chi connectivity index (χ4n) is 3.32. The molecule has 3 rings (SSSR count). The third kappa shape index (κ3) is 6.38. The molecule has 0 aromatic heterocycles. The molecule has 31 heavy (non-hydrogen) atoms. The van der Waals surface area contributed by atoms with Gasteiger partial charge >= 0.3 is 5.97 Å². The third-order valence-corrected chi connectivity index (χ3v) is 5.28. The summed E-state index contributed by atoms with van der Waals surface area (Å²) in [6.45, 7) is 2.09. The highest BCUT2D eigenvalue weighted by molar-refractivity contribution is 5.84. The van der Waals surface area contributed by atoms with Crippen LogP contribution in [-0.2, 0) is 20.9 Å². The molecular formula is C25H29N3O3. The average Bonchev–Trinajstić information content (AvgIpc) is 2.80. The van der Waals surface area contributed by atoms with E-state index >= 15 is 0 Å². The lowest BCUT2D eigenvalue weighted by molar-refractivity contribution is -0.146. The molecule has 3 atom stereocenters. The number of nitrogens with two attached hydrogens (primary N) is 2. The molecule has 0 spiro atoms. The van der Waals surface area contributed by atoms with Crippen LogP contribution in [-0.4, -0.2) is 24.0 Å². The predicted molar refractivity (Wildman–Crippen MR) is 122 cm³/mol. The van der Waals surface area contributed by atoms with Crippen molar-refractivity contribution in [1.29, 1.82) is 0 Å². The van der Waals surface area contributed by atoms with E-state index in [0.717, 1.165) is 21.9 Å². The van der Waals surface area contributed by atoms with Crippen molar-refractivity contribution in [2.24, 2.45) is 11.5 Å². The molecule has 162 valence electrons. The maximum Gasteiger partial charge on any atom is 0.323 e. The first-order valence-electron chi connectivity index (χ1n) is 10.4. The SMILES string of the molecule is CC(NC(=O)[C@H](N)CC[C@H](N)C(=O)OCc1ccccc1)c1ccc2ccccc2c1. The summed E-state index contributed by atoms with van der Waals surface area (Å²) in [5.74, 6) is -0.772. The molecule has 6 heteroatoms. The Kier molecular flexibility index (Phi) is 7.76. The summed E-state index contributed by atoms with van der Waals surface area (Å²) in [5.41, 5.74) is 13.8. The minimum atomic E-state index is -0.819. The lowest BCUT2D eigenvalue weighted by Gasteiger charge is -2.19. The molecule has 0 fully saturated rings. The van der Waals surface area contributed by atoms with E-state index in [0.29, 0.717) is 0 Å². The Hall–Kier alpha value is -3.22. The number of ether oxygens (including phenoxy) is 1. The topological polar surface area (TPSA) is 107 Å². The molecule has 0 radical (unpaired) electrons. The van der Waals surface area contributed by atoms with Gasteiger partial charge in [-0.05, 0) is 47.7 Å². The number of hydrogen-bond acceptors (Lipinski definition) is 5. The van der Waals surface area contributed by atoms with Gasteiger partial charge in [0.1, 0.15) is 12.6 Å². The zero-order valence-corrected chi connectivity index (χ0v) is 17.7. The van der Waals surface area contributed by atoms with Crippen LogP contribution in [0.3, 0.4) is 0 Å². The molecule has 0 aliphatic carbocycles. The van der Waals surface area contributed by atoms with E-state index in [1.165, 1.54) is 0 Å². The van der Waals surface area contributed by atoms with E-state index in [9.17, 15) is 9.59 Å². The smallest absolute Gasteiger partial charge is 0.323 e. The van der Waals surface area contributed by atoms with Crippen LogP contribution in [0.5, 0.6) is 0 Å². The number of benzene rings is 3. The Morgan fingerprint density at radius 1 is 0.871 bits per heavy atom. The normalized spacial score (nSPS) is 13.9. The monoisotopic (exact) mass is 419 g/mol. The highest BCUT2D eigenvalue weighted by Gasteiger charge is 2.21. The van der Waals surface area contributed by atoms with Crippen molar-refractivity contribution in [3.63, 3.8) is 0 Å². The molecule has 1 amide bonds. The van der Waals surface area contributed by atoms with Crippen molar-refractivity contribution in [2.75, 3.05) is 0 Å². The number of amides is 1. The van der Waals surface area contributed by atoms with Gasteiger partial charge in [0.15, 0.2) is 0 Å². The Morgan fingerprint density at radius 3 is 2.26 bits per heavy atom. The van der Waals surface area contributed by atoms with Crippen molar-refractivity contribution in [3.8, 4) is 0 Å². The fraction of sp³-hybridized carbons (Fsp3) is 0.280. The molecule has 0 saturated carbocycles. The van der Waals surface area contributed by atoms with E-state index in [2.05, 4.69) is 11.4 Å². The second-order valence-corrected chi connectivity index (χ2v) is 7.72. The van der Waals surface area contributed by atoms with Gasteiger partial charge < -0.3 is 21.5 Å². The standard InChI is InChI=1S/C25H29N3O3/c1-17(20-12-11-19-9-5-6-10-21(19)15-20)28-24(29)22(26)13-14-23(27)25(30)31-16-18-7-3-2-4-8-18/h2-12,15,17,22-23H,13-14,16,26-27H2,1H3,(H,28,29)/t17?,22-,23+/m1/s1. The zero-order chi connectivity index (χ0) is 22.2. The molecule has 0 saturated heterocycles. The summed E-state index contributed by atoms with van der Waals surface area (Å²) in [7, 11) is 0. The van der Waals surface area contributed by atoms with Crippen molar-refractivity contribution in [1.82, 2.24) is 5.32 Å². The summed E-state index contributed by atoms with van der Waals surface area (Å²) in [6, 6.07) is 21.8. The zero-order valence-electron chi connectivity index (χ0n) is 17.7. The molecule has 0 aliphatic rings. The molecule has 1 unspecified atom stereocenters. The molecule has 3 aromatic rings. The van der Waals surface area contributed by atoms with Gasteiger partial charge in [-0.2, -0.15) is 0 Å². The summed E-state index contributed by atoms with van der Waals surface area (Å²) in [6.07, 6.45) is 0.560. The second kappa shape index (κ2) is 10.7. The van der Waals surface area contributed by atoms with Gasteiger partial charge in [0.2, 0.25) is 5.91 Å². The number of hydrogen-bond donors (Lipinski definition) is 3.